The summed E-state index contributed by atoms with van der Waals surface area (Å²) in [6, 6.07) is 0. The molecule has 6 heterocycles. The van der Waals surface area contributed by atoms with Gasteiger partial charge in [0.25, 0.3) is 0 Å². The molecule has 0 saturated carbocycles. The molecule has 6 aliphatic heterocycles. The summed E-state index contributed by atoms with van der Waals surface area (Å²) in [6.07, 6.45) is -42.4. The van der Waals surface area contributed by atoms with Gasteiger partial charge in [-0.3, -0.25) is 0 Å². The molecular formula is C30H50O25. The topological polar surface area (TPSA) is 396 Å². The lowest BCUT2D eigenvalue weighted by atomic mass is 9.95. The van der Waals surface area contributed by atoms with E-state index < -0.39 is 180 Å². The average molecular weight is 811 g/mol. The SMILES string of the molecule is OC[C@H]1O[C@@H](O[C@H]2[C@H](O)[C@@H](O)[C@@H](O[C@H]3[C@H](O)[C@@H](O)[C@@H](O[C@H]4[C@H](O)[C@@H](O)[C@H](O[C@H]5[C@H](O)[C@@H](O)[C@@H]6OC[C@H]5O6)O[C@@H]4CO)O[C@@H]3CO)O[C@@H]2CO)[C@H](O)[C@@H](O)[C@@H]1O. The van der Waals surface area contributed by atoms with Crippen LogP contribution in [0.25, 0.3) is 0 Å². The van der Waals surface area contributed by atoms with Crippen LogP contribution in [0, 0.1) is 0 Å². The normalized spacial score (nSPS) is 54.7. The summed E-state index contributed by atoms with van der Waals surface area (Å²) >= 11 is 0. The van der Waals surface area contributed by atoms with Crippen molar-refractivity contribution in [1.82, 2.24) is 0 Å². The van der Waals surface area contributed by atoms with E-state index in [4.69, 9.17) is 47.4 Å². The standard InChI is InChI=1S/C30H50O25/c31-1-6-11(35)12(36)17(41)27(47-6)52-22-7(2-32)48-28(19(43)14(22)38)53-23-8(3-33)49-29(20(44)15(23)39)54-24-9(4-34)50-30(21(45)16(24)40)55-25-10-5-46-26(51-10)18(42)13(25)37/h6-45H,1-5H2/t6-,7-,8-,9-,10-,11-,12+,13-,14-,15-,16-,17-,18-,19-,20-,21-,22-,23-,24-,25-,26-,27+,28-,29-,30+/m1/s1. The minimum atomic E-state index is -2.07. The van der Waals surface area contributed by atoms with Crippen molar-refractivity contribution in [3.63, 3.8) is 0 Å². The number of ether oxygens (including phenoxy) is 10. The number of hydrogen-bond donors (Lipinski definition) is 15. The lowest BCUT2D eigenvalue weighted by molar-refractivity contribution is -0.391. The van der Waals surface area contributed by atoms with Gasteiger partial charge in [-0.1, -0.05) is 0 Å². The largest absolute Gasteiger partial charge is 0.394 e. The lowest BCUT2D eigenvalue weighted by Gasteiger charge is -2.49. The summed E-state index contributed by atoms with van der Waals surface area (Å²) in [7, 11) is 0. The predicted octanol–water partition coefficient (Wildman–Crippen LogP) is -10.9. The van der Waals surface area contributed by atoms with Crippen LogP contribution in [-0.4, -0.2) is 263 Å². The lowest BCUT2D eigenvalue weighted by Crippen LogP contribution is -2.67. The fourth-order valence-electron chi connectivity index (χ4n) is 7.33. The molecule has 0 radical (unpaired) electrons. The van der Waals surface area contributed by atoms with Crippen molar-refractivity contribution in [3.8, 4) is 0 Å². The summed E-state index contributed by atoms with van der Waals surface area (Å²) in [5.41, 5.74) is 0. The van der Waals surface area contributed by atoms with Crippen LogP contribution in [0.2, 0.25) is 0 Å². The summed E-state index contributed by atoms with van der Waals surface area (Å²) in [5, 5.41) is 157. The molecule has 320 valence electrons. The number of aliphatic hydroxyl groups excluding tert-OH is 15. The summed E-state index contributed by atoms with van der Waals surface area (Å²) in [6.45, 7) is -3.61. The summed E-state index contributed by atoms with van der Waals surface area (Å²) in [4.78, 5) is 0. The Morgan fingerprint density at radius 2 is 0.673 bits per heavy atom. The number of fused-ring (bicyclic) bond motifs is 2. The van der Waals surface area contributed by atoms with Crippen LogP contribution in [0.1, 0.15) is 0 Å². The van der Waals surface area contributed by atoms with Crippen LogP contribution in [0.15, 0.2) is 0 Å². The van der Waals surface area contributed by atoms with Crippen LogP contribution < -0.4 is 0 Å². The Bertz CT molecular complexity index is 1220. The molecule has 6 rings (SSSR count). The van der Waals surface area contributed by atoms with Crippen molar-refractivity contribution >= 4 is 0 Å². The minimum Gasteiger partial charge on any atom is -0.394 e. The second-order valence-corrected chi connectivity index (χ2v) is 14.1. The van der Waals surface area contributed by atoms with Crippen LogP contribution in [-0.2, 0) is 47.4 Å². The van der Waals surface area contributed by atoms with Crippen molar-refractivity contribution in [3.05, 3.63) is 0 Å². The number of aliphatic hydroxyl groups is 15. The highest BCUT2D eigenvalue weighted by atomic mass is 16.8. The molecule has 0 spiro atoms. The van der Waals surface area contributed by atoms with Gasteiger partial charge in [0.05, 0.1) is 33.0 Å². The Hall–Kier alpha value is -1.00. The highest BCUT2D eigenvalue weighted by Gasteiger charge is 2.57. The van der Waals surface area contributed by atoms with Gasteiger partial charge in [0, 0.05) is 0 Å². The van der Waals surface area contributed by atoms with Gasteiger partial charge in [0.1, 0.15) is 122 Å². The van der Waals surface area contributed by atoms with Gasteiger partial charge in [0.15, 0.2) is 31.5 Å². The molecule has 0 amide bonds. The molecule has 25 atom stereocenters. The molecule has 6 saturated heterocycles. The number of hydrogen-bond acceptors (Lipinski definition) is 25. The third-order valence-electron chi connectivity index (χ3n) is 10.5. The maximum Gasteiger partial charge on any atom is 0.187 e. The van der Waals surface area contributed by atoms with Crippen molar-refractivity contribution in [1.29, 1.82) is 0 Å². The quantitative estimate of drug-likeness (QED) is 0.0870. The molecule has 0 aromatic heterocycles. The molecule has 15 N–H and O–H groups in total. The second kappa shape index (κ2) is 18.1. The molecule has 6 aliphatic rings. The first-order chi connectivity index (χ1) is 26.1. The molecule has 25 nitrogen and oxygen atoms in total. The third kappa shape index (κ3) is 8.41. The van der Waals surface area contributed by atoms with Crippen LogP contribution in [0.4, 0.5) is 0 Å². The van der Waals surface area contributed by atoms with Crippen LogP contribution in [0.3, 0.4) is 0 Å². The molecule has 0 aromatic carbocycles. The Kier molecular flexibility index (Phi) is 14.3. The smallest absolute Gasteiger partial charge is 0.187 e. The molecule has 6 fully saturated rings. The molecular weight excluding hydrogens is 760 g/mol. The van der Waals surface area contributed by atoms with Gasteiger partial charge in [-0.15, -0.1) is 0 Å². The first-order valence-electron chi connectivity index (χ1n) is 17.6. The predicted molar refractivity (Wildman–Crippen MR) is 163 cm³/mol. The van der Waals surface area contributed by atoms with E-state index in [1.807, 2.05) is 0 Å². The molecule has 0 aliphatic carbocycles. The van der Waals surface area contributed by atoms with Crippen LogP contribution >= 0.6 is 0 Å². The minimum absolute atomic E-state index is 0.0745. The Morgan fingerprint density at radius 3 is 1.05 bits per heavy atom. The summed E-state index contributed by atoms with van der Waals surface area (Å²) < 4.78 is 55.1. The maximum atomic E-state index is 11.1. The molecule has 25 heteroatoms. The van der Waals surface area contributed by atoms with Crippen molar-refractivity contribution in [2.45, 2.75) is 154 Å². The van der Waals surface area contributed by atoms with Gasteiger partial charge in [0.2, 0.25) is 0 Å². The van der Waals surface area contributed by atoms with E-state index in [1.54, 1.807) is 0 Å². The first-order valence-corrected chi connectivity index (χ1v) is 17.6. The Labute approximate surface area is 310 Å². The van der Waals surface area contributed by atoms with E-state index in [0.717, 1.165) is 0 Å². The molecule has 55 heavy (non-hydrogen) atoms. The highest BCUT2D eigenvalue weighted by molar-refractivity contribution is 4.99. The second-order valence-electron chi connectivity index (χ2n) is 14.1. The monoisotopic (exact) mass is 810 g/mol. The van der Waals surface area contributed by atoms with E-state index in [2.05, 4.69) is 0 Å². The Balaban J connectivity index is 1.08. The first kappa shape index (κ1) is 43.6. The van der Waals surface area contributed by atoms with Gasteiger partial charge >= 0.3 is 0 Å². The maximum absolute atomic E-state index is 11.1. The van der Waals surface area contributed by atoms with E-state index >= 15 is 0 Å². The van der Waals surface area contributed by atoms with E-state index in [1.165, 1.54) is 0 Å². The molecule has 0 aromatic rings. The third-order valence-corrected chi connectivity index (χ3v) is 10.5. The van der Waals surface area contributed by atoms with Crippen LogP contribution in [0.5, 0.6) is 0 Å². The zero-order chi connectivity index (χ0) is 40.0. The van der Waals surface area contributed by atoms with E-state index in [-0.39, 0.29) is 6.61 Å². The zero-order valence-corrected chi connectivity index (χ0v) is 28.8. The molecule has 2 bridgehead atoms. The Morgan fingerprint density at radius 1 is 0.345 bits per heavy atom. The van der Waals surface area contributed by atoms with E-state index in [0.29, 0.717) is 0 Å². The van der Waals surface area contributed by atoms with Gasteiger partial charge in [-0.25, -0.2) is 0 Å². The van der Waals surface area contributed by atoms with Gasteiger partial charge < -0.3 is 124 Å². The van der Waals surface area contributed by atoms with Gasteiger partial charge in [-0.05, 0) is 0 Å². The van der Waals surface area contributed by atoms with Crippen molar-refractivity contribution in [2.24, 2.45) is 0 Å². The summed E-state index contributed by atoms with van der Waals surface area (Å²) in [5.74, 6) is 0. The van der Waals surface area contributed by atoms with Crippen molar-refractivity contribution in [2.75, 3.05) is 33.0 Å². The average Bonchev–Trinajstić information content (AvgIpc) is 3.64. The fourth-order valence-corrected chi connectivity index (χ4v) is 7.33. The number of rotatable bonds is 12. The van der Waals surface area contributed by atoms with Crippen molar-refractivity contribution < 1.29 is 124 Å². The zero-order valence-electron chi connectivity index (χ0n) is 28.8. The highest BCUT2D eigenvalue weighted by Crippen LogP contribution is 2.36. The molecule has 0 unspecified atom stereocenters. The van der Waals surface area contributed by atoms with E-state index in [9.17, 15) is 76.6 Å². The van der Waals surface area contributed by atoms with Gasteiger partial charge in [-0.2, -0.15) is 0 Å². The fraction of sp³-hybridized carbons (Fsp3) is 1.00.